The summed E-state index contributed by atoms with van der Waals surface area (Å²) in [6.07, 6.45) is 8.02. The number of aliphatic hydroxyl groups excluding tert-OH is 1. The summed E-state index contributed by atoms with van der Waals surface area (Å²) in [4.78, 5) is 17.2. The Bertz CT molecular complexity index is 736. The first kappa shape index (κ1) is 15.4. The van der Waals surface area contributed by atoms with Crippen LogP contribution in [-0.4, -0.2) is 58.3 Å². The second-order valence-electron chi connectivity index (χ2n) is 6.91. The molecule has 0 spiro atoms. The highest BCUT2D eigenvalue weighted by molar-refractivity contribution is 6.01. The topological polar surface area (TPSA) is 61.1 Å². The Morgan fingerprint density at radius 2 is 2.08 bits per heavy atom. The monoisotopic (exact) mass is 328 g/mol. The van der Waals surface area contributed by atoms with E-state index in [9.17, 15) is 9.90 Å². The normalized spacial score (nSPS) is 21.6. The maximum Gasteiger partial charge on any atom is 0.257 e. The predicted molar refractivity (Wildman–Crippen MR) is 92.4 cm³/mol. The van der Waals surface area contributed by atoms with Crippen molar-refractivity contribution in [3.63, 3.8) is 0 Å². The number of anilines is 1. The molecule has 24 heavy (non-hydrogen) atoms. The first-order valence-corrected chi connectivity index (χ1v) is 8.89. The van der Waals surface area contributed by atoms with Gasteiger partial charge in [-0.15, -0.1) is 0 Å². The summed E-state index contributed by atoms with van der Waals surface area (Å²) in [6.45, 7) is 3.71. The number of hydrogen-bond donors (Lipinski definition) is 1. The van der Waals surface area contributed by atoms with Crippen molar-refractivity contribution in [1.82, 2.24) is 14.5 Å². The fourth-order valence-electron chi connectivity index (χ4n) is 3.88. The maximum atomic E-state index is 12.9. The Morgan fingerprint density at radius 3 is 2.88 bits per heavy atom. The number of nitrogens with zero attached hydrogens (tertiary/aromatic N) is 4. The highest BCUT2D eigenvalue weighted by Crippen LogP contribution is 2.25. The van der Waals surface area contributed by atoms with Crippen LogP contribution in [0.5, 0.6) is 0 Å². The lowest BCUT2D eigenvalue weighted by molar-refractivity contribution is 0.0622. The lowest BCUT2D eigenvalue weighted by Crippen LogP contribution is -2.40. The highest BCUT2D eigenvalue weighted by Gasteiger charge is 2.26. The number of carbonyl (C=O) groups is 1. The summed E-state index contributed by atoms with van der Waals surface area (Å²) in [5.74, 6) is 0.228. The summed E-state index contributed by atoms with van der Waals surface area (Å²) in [5, 5.41) is 13.7. The SMILES string of the molecule is O=C(c1cnn2ccc(N3CCCC3)cc12)N1CCCC(CO)C1. The zero-order chi connectivity index (χ0) is 16.5. The lowest BCUT2D eigenvalue weighted by atomic mass is 9.98. The van der Waals surface area contributed by atoms with Crippen molar-refractivity contribution in [2.45, 2.75) is 25.7 Å². The van der Waals surface area contributed by atoms with E-state index in [1.165, 1.54) is 18.5 Å². The van der Waals surface area contributed by atoms with E-state index in [0.29, 0.717) is 12.1 Å². The van der Waals surface area contributed by atoms with Crippen molar-refractivity contribution in [3.05, 3.63) is 30.1 Å². The van der Waals surface area contributed by atoms with Gasteiger partial charge in [0.2, 0.25) is 0 Å². The molecule has 1 atom stereocenters. The van der Waals surface area contributed by atoms with Crippen LogP contribution in [0.25, 0.3) is 5.52 Å². The average Bonchev–Trinajstić information content (AvgIpc) is 3.30. The predicted octanol–water partition coefficient (Wildman–Crippen LogP) is 1.78. The number of likely N-dealkylation sites (tertiary alicyclic amines) is 1. The molecule has 0 saturated carbocycles. The van der Waals surface area contributed by atoms with E-state index in [1.54, 1.807) is 10.7 Å². The zero-order valence-corrected chi connectivity index (χ0v) is 13.9. The van der Waals surface area contributed by atoms with Crippen LogP contribution in [0, 0.1) is 5.92 Å². The third kappa shape index (κ3) is 2.75. The van der Waals surface area contributed by atoms with E-state index in [1.807, 2.05) is 11.1 Å². The van der Waals surface area contributed by atoms with Crippen molar-refractivity contribution in [2.24, 2.45) is 5.92 Å². The molecule has 0 aliphatic carbocycles. The smallest absolute Gasteiger partial charge is 0.257 e. The summed E-state index contributed by atoms with van der Waals surface area (Å²) >= 11 is 0. The zero-order valence-electron chi connectivity index (χ0n) is 13.9. The van der Waals surface area contributed by atoms with Gasteiger partial charge in [0.15, 0.2) is 0 Å². The van der Waals surface area contributed by atoms with Crippen LogP contribution in [0.2, 0.25) is 0 Å². The van der Waals surface area contributed by atoms with Crippen LogP contribution in [0.3, 0.4) is 0 Å². The molecule has 2 aromatic heterocycles. The van der Waals surface area contributed by atoms with Gasteiger partial charge in [-0.2, -0.15) is 5.10 Å². The number of rotatable bonds is 3. The van der Waals surface area contributed by atoms with Crippen molar-refractivity contribution in [2.75, 3.05) is 37.7 Å². The summed E-state index contributed by atoms with van der Waals surface area (Å²) in [7, 11) is 0. The van der Waals surface area contributed by atoms with Gasteiger partial charge in [-0.1, -0.05) is 0 Å². The third-order valence-corrected chi connectivity index (χ3v) is 5.27. The third-order valence-electron chi connectivity index (χ3n) is 5.27. The number of carbonyl (C=O) groups excluding carboxylic acids is 1. The van der Waals surface area contributed by atoms with E-state index in [-0.39, 0.29) is 18.4 Å². The fraction of sp³-hybridized carbons (Fsp3) is 0.556. The number of piperidine rings is 1. The standard InChI is InChI=1S/C18H24N4O2/c23-13-14-4-3-8-21(12-14)18(24)16-11-19-22-9-5-15(10-17(16)22)20-6-1-2-7-20/h5,9-11,14,23H,1-4,6-8,12-13H2. The van der Waals surface area contributed by atoms with Gasteiger partial charge >= 0.3 is 0 Å². The van der Waals surface area contributed by atoms with Crippen LogP contribution >= 0.6 is 0 Å². The van der Waals surface area contributed by atoms with Crippen LogP contribution in [0.1, 0.15) is 36.0 Å². The van der Waals surface area contributed by atoms with Crippen LogP contribution in [0.15, 0.2) is 24.5 Å². The van der Waals surface area contributed by atoms with E-state index in [4.69, 9.17) is 0 Å². The largest absolute Gasteiger partial charge is 0.396 e. The van der Waals surface area contributed by atoms with E-state index in [2.05, 4.69) is 22.1 Å². The lowest BCUT2D eigenvalue weighted by Gasteiger charge is -2.31. The number of fused-ring (bicyclic) bond motifs is 1. The molecule has 6 heteroatoms. The molecule has 4 heterocycles. The molecule has 6 nitrogen and oxygen atoms in total. The van der Waals surface area contributed by atoms with Gasteiger partial charge < -0.3 is 14.9 Å². The van der Waals surface area contributed by atoms with Crippen LogP contribution < -0.4 is 4.90 Å². The molecule has 2 fully saturated rings. The van der Waals surface area contributed by atoms with Gasteiger partial charge in [0, 0.05) is 44.7 Å². The minimum absolute atomic E-state index is 0.0294. The Hall–Kier alpha value is -2.08. The second kappa shape index (κ2) is 6.43. The molecule has 2 aliphatic rings. The molecule has 0 bridgehead atoms. The van der Waals surface area contributed by atoms with E-state index < -0.39 is 0 Å². The summed E-state index contributed by atoms with van der Waals surface area (Å²) in [6, 6.07) is 4.15. The Morgan fingerprint density at radius 1 is 1.25 bits per heavy atom. The van der Waals surface area contributed by atoms with Crippen LogP contribution in [0.4, 0.5) is 5.69 Å². The Kier molecular flexibility index (Phi) is 4.14. The van der Waals surface area contributed by atoms with E-state index in [0.717, 1.165) is 38.0 Å². The maximum absolute atomic E-state index is 12.9. The van der Waals surface area contributed by atoms with Crippen LogP contribution in [-0.2, 0) is 0 Å². The first-order chi connectivity index (χ1) is 11.8. The van der Waals surface area contributed by atoms with Crippen molar-refractivity contribution >= 4 is 17.1 Å². The number of aromatic nitrogens is 2. The van der Waals surface area contributed by atoms with E-state index >= 15 is 0 Å². The number of hydrogen-bond acceptors (Lipinski definition) is 4. The van der Waals surface area contributed by atoms with Gasteiger partial charge in [-0.05, 0) is 43.7 Å². The minimum atomic E-state index is 0.0294. The minimum Gasteiger partial charge on any atom is -0.396 e. The van der Waals surface area contributed by atoms with Gasteiger partial charge in [0.25, 0.3) is 5.91 Å². The molecule has 2 saturated heterocycles. The molecule has 128 valence electrons. The van der Waals surface area contributed by atoms with Gasteiger partial charge in [-0.3, -0.25) is 4.79 Å². The number of amides is 1. The molecule has 0 aromatic carbocycles. The Balaban J connectivity index is 1.63. The van der Waals surface area contributed by atoms with Gasteiger partial charge in [0.1, 0.15) is 0 Å². The molecule has 2 aromatic rings. The van der Waals surface area contributed by atoms with Gasteiger partial charge in [0.05, 0.1) is 17.3 Å². The van der Waals surface area contributed by atoms with Gasteiger partial charge in [-0.25, -0.2) is 4.52 Å². The quantitative estimate of drug-likeness (QED) is 0.933. The second-order valence-corrected chi connectivity index (χ2v) is 6.91. The number of aliphatic hydroxyl groups is 1. The first-order valence-electron chi connectivity index (χ1n) is 8.89. The number of pyridine rings is 1. The summed E-state index contributed by atoms with van der Waals surface area (Å²) < 4.78 is 1.78. The molecular weight excluding hydrogens is 304 g/mol. The summed E-state index contributed by atoms with van der Waals surface area (Å²) in [5.41, 5.74) is 2.70. The van der Waals surface area contributed by atoms with Crippen molar-refractivity contribution < 1.29 is 9.90 Å². The Labute approximate surface area is 141 Å². The average molecular weight is 328 g/mol. The molecule has 2 aliphatic heterocycles. The highest BCUT2D eigenvalue weighted by atomic mass is 16.3. The molecule has 1 amide bonds. The molecule has 4 rings (SSSR count). The fourth-order valence-corrected chi connectivity index (χ4v) is 3.88. The molecule has 1 N–H and O–H groups in total. The van der Waals surface area contributed by atoms with Crippen molar-refractivity contribution in [1.29, 1.82) is 0 Å². The molecular formula is C18H24N4O2. The van der Waals surface area contributed by atoms with Crippen molar-refractivity contribution in [3.8, 4) is 0 Å². The molecule has 1 unspecified atom stereocenters. The molecule has 0 radical (unpaired) electrons.